The van der Waals surface area contributed by atoms with Gasteiger partial charge >= 0.3 is 0 Å². The Balaban J connectivity index is 2.15. The number of nitrogens with one attached hydrogen (secondary N) is 1. The monoisotopic (exact) mass is 540 g/mol. The van der Waals surface area contributed by atoms with Crippen LogP contribution in [0.25, 0.3) is 0 Å². The molecular formula is C22H24N2O10S2. The predicted molar refractivity (Wildman–Crippen MR) is 126 cm³/mol. The highest BCUT2D eigenvalue weighted by molar-refractivity contribution is 7.19. The summed E-state index contributed by atoms with van der Waals surface area (Å²) in [5.74, 6) is -5.43. The first-order valence-electron chi connectivity index (χ1n) is 10.5. The van der Waals surface area contributed by atoms with Crippen molar-refractivity contribution in [2.75, 3.05) is 5.32 Å². The lowest BCUT2D eigenvalue weighted by atomic mass is 9.59. The highest BCUT2D eigenvalue weighted by Crippen LogP contribution is 2.47. The fourth-order valence-corrected chi connectivity index (χ4v) is 5.73. The van der Waals surface area contributed by atoms with Crippen molar-refractivity contribution in [1.82, 2.24) is 4.98 Å². The standard InChI is InChI=1S/C22H24N2O10S2/c1-9(25)15(29)17-20(31,10(2)26)22(33,12(4)28)21(32,11(3)27)18(34-17)24-19-23-8-14(36-19)16(30)13-6-5-7-35-13/h5-8,15,17-18,29,31-33H,1-4H3,(H,23,24)/t15?,17-,18-,20-,21-,22+/m1/s1. The van der Waals surface area contributed by atoms with Gasteiger partial charge in [-0.3, -0.25) is 24.0 Å². The van der Waals surface area contributed by atoms with E-state index in [0.29, 0.717) is 11.8 Å². The van der Waals surface area contributed by atoms with Gasteiger partial charge in [0, 0.05) is 0 Å². The van der Waals surface area contributed by atoms with Crippen molar-refractivity contribution in [1.29, 1.82) is 0 Å². The lowest BCUT2D eigenvalue weighted by molar-refractivity contribution is -0.322. The van der Waals surface area contributed by atoms with Crippen molar-refractivity contribution in [3.05, 3.63) is 33.5 Å². The summed E-state index contributed by atoms with van der Waals surface area (Å²) in [5, 5.41) is 48.8. The lowest BCUT2D eigenvalue weighted by Crippen LogP contribution is -2.88. The molecule has 0 radical (unpaired) electrons. The molecule has 0 aromatic carbocycles. The maximum atomic E-state index is 12.7. The number of carbonyl (C=O) groups excluding carboxylic acids is 5. The molecule has 0 aliphatic carbocycles. The second kappa shape index (κ2) is 9.63. The molecule has 2 aromatic heterocycles. The number of thiazole rings is 1. The summed E-state index contributed by atoms with van der Waals surface area (Å²) in [5.41, 5.74) is -10.3. The van der Waals surface area contributed by atoms with Gasteiger partial charge in [-0.2, -0.15) is 0 Å². The van der Waals surface area contributed by atoms with Crippen LogP contribution in [0, 0.1) is 0 Å². The van der Waals surface area contributed by atoms with Gasteiger partial charge in [0.15, 0.2) is 40.1 Å². The molecule has 2 aromatic rings. The lowest BCUT2D eigenvalue weighted by Gasteiger charge is -2.58. The third-order valence-electron chi connectivity index (χ3n) is 6.19. The normalized spacial score (nSPS) is 30.9. The summed E-state index contributed by atoms with van der Waals surface area (Å²) in [6.07, 6.45) is -5.45. The van der Waals surface area contributed by atoms with Crippen molar-refractivity contribution >= 4 is 56.7 Å². The van der Waals surface area contributed by atoms with Gasteiger partial charge in [0.1, 0.15) is 12.2 Å². The average Bonchev–Trinajstić information content (AvgIpc) is 3.50. The Morgan fingerprint density at radius 2 is 1.61 bits per heavy atom. The van der Waals surface area contributed by atoms with Gasteiger partial charge in [-0.25, -0.2) is 4.98 Å². The second-order valence-electron chi connectivity index (χ2n) is 8.38. The smallest absolute Gasteiger partial charge is 0.214 e. The molecule has 0 spiro atoms. The molecule has 1 saturated heterocycles. The van der Waals surface area contributed by atoms with E-state index in [-0.39, 0.29) is 15.8 Å². The highest BCUT2D eigenvalue weighted by atomic mass is 32.1. The van der Waals surface area contributed by atoms with Crippen LogP contribution in [0.1, 0.15) is 42.2 Å². The number of aliphatic hydroxyl groups is 4. The van der Waals surface area contributed by atoms with Gasteiger partial charge in [-0.1, -0.05) is 17.4 Å². The Kier molecular flexibility index (Phi) is 7.45. The van der Waals surface area contributed by atoms with Gasteiger partial charge < -0.3 is 30.5 Å². The van der Waals surface area contributed by atoms with E-state index in [1.165, 1.54) is 17.5 Å². The van der Waals surface area contributed by atoms with E-state index in [9.17, 15) is 44.4 Å². The molecule has 6 atom stereocenters. The first-order valence-corrected chi connectivity index (χ1v) is 12.2. The largest absolute Gasteiger partial charge is 0.382 e. The van der Waals surface area contributed by atoms with Crippen LogP contribution in [0.4, 0.5) is 5.13 Å². The maximum absolute atomic E-state index is 12.7. The van der Waals surface area contributed by atoms with E-state index in [1.807, 2.05) is 0 Å². The van der Waals surface area contributed by atoms with Gasteiger partial charge in [-0.15, -0.1) is 11.3 Å². The molecule has 0 bridgehead atoms. The number of hydrogen-bond acceptors (Lipinski definition) is 14. The Bertz CT molecular complexity index is 1230. The van der Waals surface area contributed by atoms with Crippen LogP contribution >= 0.6 is 22.7 Å². The number of carbonyl (C=O) groups is 5. The third kappa shape index (κ3) is 3.94. The zero-order valence-corrected chi connectivity index (χ0v) is 21.2. The minimum absolute atomic E-state index is 0.116. The van der Waals surface area contributed by atoms with E-state index in [4.69, 9.17) is 4.74 Å². The molecule has 1 aliphatic rings. The Morgan fingerprint density at radius 3 is 2.08 bits per heavy atom. The molecule has 1 unspecified atom stereocenters. The van der Waals surface area contributed by atoms with Crippen molar-refractivity contribution in [3.8, 4) is 0 Å². The number of ether oxygens (including phenoxy) is 1. The number of hydrogen-bond donors (Lipinski definition) is 5. The fourth-order valence-electron chi connectivity index (χ4n) is 4.20. The number of Topliss-reactive ketones (excluding diaryl/α,β-unsaturated/α-hetero) is 4. The van der Waals surface area contributed by atoms with Crippen molar-refractivity contribution in [3.63, 3.8) is 0 Å². The van der Waals surface area contributed by atoms with Crippen molar-refractivity contribution in [2.45, 2.75) is 62.9 Å². The minimum atomic E-state index is -3.57. The molecule has 3 heterocycles. The first kappa shape index (κ1) is 27.9. The zero-order chi connectivity index (χ0) is 27.2. The molecule has 12 nitrogen and oxygen atoms in total. The molecule has 194 valence electrons. The second-order valence-corrected chi connectivity index (χ2v) is 10.4. The van der Waals surface area contributed by atoms with E-state index in [1.54, 1.807) is 17.5 Å². The number of rotatable bonds is 9. The number of nitrogens with zero attached hydrogens (tertiary/aromatic N) is 1. The Hall–Kier alpha value is -2.72. The molecule has 1 fully saturated rings. The van der Waals surface area contributed by atoms with Crippen LogP contribution in [0.15, 0.2) is 23.7 Å². The summed E-state index contributed by atoms with van der Waals surface area (Å²) < 4.78 is 5.50. The highest BCUT2D eigenvalue weighted by Gasteiger charge is 2.79. The summed E-state index contributed by atoms with van der Waals surface area (Å²) in [6, 6.07) is 3.28. The molecule has 0 amide bonds. The number of anilines is 1. The van der Waals surface area contributed by atoms with Crippen LogP contribution in [0.2, 0.25) is 0 Å². The number of ketones is 5. The molecule has 3 rings (SSSR count). The Morgan fingerprint density at radius 1 is 1.00 bits per heavy atom. The molecule has 14 heteroatoms. The van der Waals surface area contributed by atoms with E-state index >= 15 is 0 Å². The summed E-state index contributed by atoms with van der Waals surface area (Å²) in [4.78, 5) is 67.2. The maximum Gasteiger partial charge on any atom is 0.214 e. The summed E-state index contributed by atoms with van der Waals surface area (Å²) in [7, 11) is 0. The van der Waals surface area contributed by atoms with Gasteiger partial charge in [0.05, 0.1) is 16.0 Å². The van der Waals surface area contributed by atoms with Crippen molar-refractivity contribution in [2.24, 2.45) is 0 Å². The zero-order valence-electron chi connectivity index (χ0n) is 19.5. The van der Waals surface area contributed by atoms with Crippen LogP contribution < -0.4 is 5.32 Å². The molecule has 5 N–H and O–H groups in total. The summed E-state index contributed by atoms with van der Waals surface area (Å²) >= 11 is 1.98. The molecule has 36 heavy (non-hydrogen) atoms. The van der Waals surface area contributed by atoms with Crippen LogP contribution in [-0.4, -0.2) is 89.6 Å². The Labute approximate surface area is 212 Å². The van der Waals surface area contributed by atoms with E-state index in [0.717, 1.165) is 32.1 Å². The molecular weight excluding hydrogens is 516 g/mol. The fraction of sp³-hybridized carbons (Fsp3) is 0.455. The van der Waals surface area contributed by atoms with Gasteiger partial charge in [0.25, 0.3) is 0 Å². The molecule has 1 aliphatic heterocycles. The first-order chi connectivity index (χ1) is 16.6. The third-order valence-corrected chi connectivity index (χ3v) is 7.99. The minimum Gasteiger partial charge on any atom is -0.382 e. The number of aromatic nitrogens is 1. The van der Waals surface area contributed by atoms with Crippen molar-refractivity contribution < 1.29 is 49.1 Å². The van der Waals surface area contributed by atoms with Crippen LogP contribution in [0.3, 0.4) is 0 Å². The van der Waals surface area contributed by atoms with Crippen LogP contribution in [0.5, 0.6) is 0 Å². The topological polar surface area (TPSA) is 200 Å². The van der Waals surface area contributed by atoms with Gasteiger partial charge in [0.2, 0.25) is 17.0 Å². The quantitative estimate of drug-likeness (QED) is 0.255. The SMILES string of the molecule is CC(=O)C(O)[C@H]1O[C@@H](Nc2ncc(C(=O)c3cccs3)s2)[C@](O)(C(C)=O)[C@](O)(C(C)=O)[C@@]1(O)C(C)=O. The average molecular weight is 541 g/mol. The summed E-state index contributed by atoms with van der Waals surface area (Å²) in [6.45, 7) is 3.12. The van der Waals surface area contributed by atoms with E-state index in [2.05, 4.69) is 10.3 Å². The van der Waals surface area contributed by atoms with Crippen LogP contribution in [-0.2, 0) is 23.9 Å². The predicted octanol–water partition coefficient (Wildman–Crippen LogP) is -0.517. The number of aliphatic hydroxyl groups excluding tert-OH is 1. The molecule has 0 saturated carbocycles. The van der Waals surface area contributed by atoms with E-state index < -0.39 is 58.4 Å². The number of thiophene rings is 1. The van der Waals surface area contributed by atoms with Gasteiger partial charge in [-0.05, 0) is 39.1 Å².